The minimum atomic E-state index is -5.14. The molecule has 2 aromatic carbocycles. The van der Waals surface area contributed by atoms with Crippen LogP contribution in [0, 0.1) is 11.6 Å². The van der Waals surface area contributed by atoms with Crippen LogP contribution in [0.25, 0.3) is 17.2 Å². The predicted octanol–water partition coefficient (Wildman–Crippen LogP) is 9.46. The molecule has 38 heavy (non-hydrogen) atoms. The maximum atomic E-state index is 14.3. The lowest BCUT2D eigenvalue weighted by Crippen LogP contribution is -2.13. The van der Waals surface area contributed by atoms with Crippen LogP contribution in [-0.2, 0) is 6.18 Å². The van der Waals surface area contributed by atoms with E-state index in [1.807, 2.05) is 12.1 Å². The summed E-state index contributed by atoms with van der Waals surface area (Å²) in [6.07, 6.45) is 3.15. The average Bonchev–Trinajstić information content (AvgIpc) is 2.90. The van der Waals surface area contributed by atoms with Gasteiger partial charge in [-0.2, -0.15) is 13.2 Å². The largest absolute Gasteiger partial charge is 0.422 e. The summed E-state index contributed by atoms with van der Waals surface area (Å²) in [5.41, 5.74) is -0.0452. The van der Waals surface area contributed by atoms with Gasteiger partial charge in [0.2, 0.25) is 0 Å². The van der Waals surface area contributed by atoms with Crippen LogP contribution < -0.4 is 0 Å². The van der Waals surface area contributed by atoms with Gasteiger partial charge in [-0.25, -0.2) is 27.5 Å². The first kappa shape index (κ1) is 27.5. The molecule has 0 saturated heterocycles. The SMILES string of the molecule is C=CCCC(F)=C(F)c1ccc(C2CCC(c3cnc(-c4cc(F)c(C(F)(F)F)c(F)c4)nc3)CC2)cc1. The molecule has 1 saturated carbocycles. The summed E-state index contributed by atoms with van der Waals surface area (Å²) in [5.74, 6) is -4.74. The lowest BCUT2D eigenvalue weighted by Gasteiger charge is -2.29. The number of halogens is 7. The van der Waals surface area contributed by atoms with Crippen molar-refractivity contribution in [1.82, 2.24) is 9.97 Å². The van der Waals surface area contributed by atoms with Crippen LogP contribution in [0.3, 0.4) is 0 Å². The standard InChI is InChI=1S/C29H25F7N2/c1-2-3-4-23(30)27(33)20-11-9-18(10-12-20)17-5-7-19(8-6-17)22-15-37-28(38-16-22)21-13-24(31)26(25(32)14-21)29(34,35)36/h2,9-17,19H,1,3-8H2. The molecule has 1 fully saturated rings. The number of nitrogens with zero attached hydrogens (tertiary/aromatic N) is 2. The van der Waals surface area contributed by atoms with E-state index in [-0.39, 0.29) is 35.2 Å². The summed E-state index contributed by atoms with van der Waals surface area (Å²) < 4.78 is 94.5. The summed E-state index contributed by atoms with van der Waals surface area (Å²) >= 11 is 0. The summed E-state index contributed by atoms with van der Waals surface area (Å²) in [4.78, 5) is 8.27. The molecule has 1 aliphatic rings. The summed E-state index contributed by atoms with van der Waals surface area (Å²) in [7, 11) is 0. The normalized spacial score (nSPS) is 18.7. The fraction of sp³-hybridized carbons (Fsp3) is 0.310. The number of hydrogen-bond donors (Lipinski definition) is 0. The molecule has 0 N–H and O–H groups in total. The monoisotopic (exact) mass is 534 g/mol. The first-order valence-electron chi connectivity index (χ1n) is 12.2. The van der Waals surface area contributed by atoms with Gasteiger partial charge in [0.1, 0.15) is 23.0 Å². The van der Waals surface area contributed by atoms with E-state index >= 15 is 0 Å². The highest BCUT2D eigenvalue weighted by Gasteiger charge is 2.38. The van der Waals surface area contributed by atoms with E-state index in [9.17, 15) is 30.7 Å². The minimum absolute atomic E-state index is 0.0239. The van der Waals surface area contributed by atoms with Gasteiger partial charge in [0.25, 0.3) is 0 Å². The topological polar surface area (TPSA) is 25.8 Å². The third-order valence-electron chi connectivity index (χ3n) is 6.90. The Morgan fingerprint density at radius 1 is 0.868 bits per heavy atom. The van der Waals surface area contributed by atoms with E-state index in [2.05, 4.69) is 16.5 Å². The molecule has 0 amide bonds. The molecule has 9 heteroatoms. The van der Waals surface area contributed by atoms with Crippen LogP contribution >= 0.6 is 0 Å². The second-order valence-electron chi connectivity index (χ2n) is 9.37. The van der Waals surface area contributed by atoms with Crippen molar-refractivity contribution in [1.29, 1.82) is 0 Å². The molecule has 200 valence electrons. The summed E-state index contributed by atoms with van der Waals surface area (Å²) in [5, 5.41) is 0. The molecule has 0 unspecified atom stereocenters. The quantitative estimate of drug-likeness (QED) is 0.223. The van der Waals surface area contributed by atoms with Gasteiger partial charge in [-0.3, -0.25) is 0 Å². The van der Waals surface area contributed by atoms with Crippen molar-refractivity contribution in [2.75, 3.05) is 0 Å². The molecule has 3 aromatic rings. The molecular formula is C29H25F7N2. The summed E-state index contributed by atoms with van der Waals surface area (Å²) in [6, 6.07) is 7.97. The molecule has 1 aliphatic carbocycles. The first-order valence-corrected chi connectivity index (χ1v) is 12.2. The van der Waals surface area contributed by atoms with Gasteiger partial charge in [-0.1, -0.05) is 30.3 Å². The zero-order valence-corrected chi connectivity index (χ0v) is 20.3. The van der Waals surface area contributed by atoms with E-state index in [4.69, 9.17) is 0 Å². The van der Waals surface area contributed by atoms with Gasteiger partial charge >= 0.3 is 6.18 Å². The second-order valence-corrected chi connectivity index (χ2v) is 9.37. The van der Waals surface area contributed by atoms with E-state index in [0.29, 0.717) is 18.6 Å². The summed E-state index contributed by atoms with van der Waals surface area (Å²) in [6.45, 7) is 3.51. The number of hydrogen-bond acceptors (Lipinski definition) is 2. The Bertz CT molecular complexity index is 1280. The van der Waals surface area contributed by atoms with Crippen LogP contribution in [0.1, 0.15) is 72.6 Å². The van der Waals surface area contributed by atoms with Crippen molar-refractivity contribution in [3.8, 4) is 11.4 Å². The zero-order chi connectivity index (χ0) is 27.4. The fourth-order valence-corrected chi connectivity index (χ4v) is 4.83. The van der Waals surface area contributed by atoms with E-state index in [1.165, 1.54) is 18.5 Å². The van der Waals surface area contributed by atoms with Crippen LogP contribution in [0.5, 0.6) is 0 Å². The average molecular weight is 535 g/mol. The van der Waals surface area contributed by atoms with Gasteiger partial charge in [0.05, 0.1) is 0 Å². The Balaban J connectivity index is 1.39. The van der Waals surface area contributed by atoms with Crippen molar-refractivity contribution in [3.05, 3.63) is 101 Å². The highest BCUT2D eigenvalue weighted by Crippen LogP contribution is 2.41. The maximum absolute atomic E-state index is 14.3. The Labute approximate surface area is 216 Å². The molecule has 0 aliphatic heterocycles. The number of alkyl halides is 3. The predicted molar refractivity (Wildman–Crippen MR) is 131 cm³/mol. The third-order valence-corrected chi connectivity index (χ3v) is 6.90. The molecule has 0 atom stereocenters. The van der Waals surface area contributed by atoms with Crippen molar-refractivity contribution in [3.63, 3.8) is 0 Å². The van der Waals surface area contributed by atoms with Crippen LogP contribution in [-0.4, -0.2) is 9.97 Å². The Hall–Kier alpha value is -3.49. The van der Waals surface area contributed by atoms with Gasteiger partial charge in [0.15, 0.2) is 11.7 Å². The number of benzene rings is 2. The van der Waals surface area contributed by atoms with Crippen LogP contribution in [0.15, 0.2) is 67.3 Å². The second kappa shape index (κ2) is 11.5. The zero-order valence-electron chi connectivity index (χ0n) is 20.3. The van der Waals surface area contributed by atoms with Crippen LogP contribution in [0.2, 0.25) is 0 Å². The van der Waals surface area contributed by atoms with Crippen LogP contribution in [0.4, 0.5) is 30.7 Å². The highest BCUT2D eigenvalue weighted by molar-refractivity contribution is 5.61. The van der Waals surface area contributed by atoms with Gasteiger partial charge in [-0.05, 0) is 67.2 Å². The highest BCUT2D eigenvalue weighted by atomic mass is 19.4. The smallest absolute Gasteiger partial charge is 0.236 e. The first-order chi connectivity index (χ1) is 18.1. The fourth-order valence-electron chi connectivity index (χ4n) is 4.83. The van der Waals surface area contributed by atoms with Gasteiger partial charge < -0.3 is 0 Å². The maximum Gasteiger partial charge on any atom is 0.422 e. The van der Waals surface area contributed by atoms with Gasteiger partial charge in [0, 0.05) is 29.9 Å². The van der Waals surface area contributed by atoms with E-state index in [0.717, 1.165) is 36.8 Å². The van der Waals surface area contributed by atoms with E-state index < -0.39 is 35.0 Å². The minimum Gasteiger partial charge on any atom is -0.236 e. The van der Waals surface area contributed by atoms with Crippen molar-refractivity contribution in [2.45, 2.75) is 56.5 Å². The molecule has 1 heterocycles. The Kier molecular flexibility index (Phi) is 8.33. The van der Waals surface area contributed by atoms with Gasteiger partial charge in [-0.15, -0.1) is 6.58 Å². The van der Waals surface area contributed by atoms with Crippen molar-refractivity contribution >= 4 is 5.83 Å². The Morgan fingerprint density at radius 3 is 1.89 bits per heavy atom. The molecule has 0 bridgehead atoms. The lowest BCUT2D eigenvalue weighted by molar-refractivity contribution is -0.142. The number of allylic oxidation sites excluding steroid dienone is 2. The molecule has 0 radical (unpaired) electrons. The Morgan fingerprint density at radius 2 is 1.39 bits per heavy atom. The number of aromatic nitrogens is 2. The van der Waals surface area contributed by atoms with Crippen molar-refractivity contribution < 1.29 is 30.7 Å². The molecule has 4 rings (SSSR count). The third kappa shape index (κ3) is 6.14. The molecule has 1 aromatic heterocycles. The molecule has 0 spiro atoms. The number of rotatable bonds is 7. The molecular weight excluding hydrogens is 509 g/mol. The molecule has 2 nitrogen and oxygen atoms in total. The lowest BCUT2D eigenvalue weighted by atomic mass is 9.76. The van der Waals surface area contributed by atoms with Crippen molar-refractivity contribution in [2.24, 2.45) is 0 Å². The van der Waals surface area contributed by atoms with E-state index in [1.54, 1.807) is 12.1 Å².